The molecule has 0 unspecified atom stereocenters. The van der Waals surface area contributed by atoms with E-state index in [-0.39, 0.29) is 11.5 Å². The molecule has 12 heavy (non-hydrogen) atoms. The SMILES string of the molecule is C[Si](C)(C)c1cnc(N)[nH]c1=O. The van der Waals surface area contributed by atoms with Gasteiger partial charge in [-0.05, 0) is 0 Å². The van der Waals surface area contributed by atoms with Crippen molar-refractivity contribution < 1.29 is 0 Å². The smallest absolute Gasteiger partial charge is 0.251 e. The molecule has 0 spiro atoms. The highest BCUT2D eigenvalue weighted by Gasteiger charge is 2.20. The first-order valence-electron chi connectivity index (χ1n) is 3.76. The Kier molecular flexibility index (Phi) is 2.06. The van der Waals surface area contributed by atoms with Crippen LogP contribution in [0.3, 0.4) is 0 Å². The zero-order chi connectivity index (χ0) is 9.35. The summed E-state index contributed by atoms with van der Waals surface area (Å²) in [6.07, 6.45) is 1.58. The number of anilines is 1. The fraction of sp³-hybridized carbons (Fsp3) is 0.429. The average molecular weight is 183 g/mol. The summed E-state index contributed by atoms with van der Waals surface area (Å²) in [6, 6.07) is 0. The highest BCUT2D eigenvalue weighted by Crippen LogP contribution is 1.96. The van der Waals surface area contributed by atoms with Crippen molar-refractivity contribution in [3.63, 3.8) is 0 Å². The lowest BCUT2D eigenvalue weighted by Crippen LogP contribution is -2.48. The second kappa shape index (κ2) is 2.74. The molecule has 1 aromatic rings. The number of nitrogens with one attached hydrogen (secondary N) is 1. The van der Waals surface area contributed by atoms with Gasteiger partial charge < -0.3 is 5.73 Å². The fourth-order valence-electron chi connectivity index (χ4n) is 0.943. The van der Waals surface area contributed by atoms with Crippen LogP contribution in [0.5, 0.6) is 0 Å². The number of H-pyrrole nitrogens is 1. The lowest BCUT2D eigenvalue weighted by molar-refractivity contribution is 1.15. The molecule has 1 aromatic heterocycles. The van der Waals surface area contributed by atoms with Gasteiger partial charge in [-0.3, -0.25) is 9.78 Å². The minimum atomic E-state index is -1.56. The van der Waals surface area contributed by atoms with Crippen LogP contribution in [0.25, 0.3) is 0 Å². The first-order valence-corrected chi connectivity index (χ1v) is 7.26. The maximum atomic E-state index is 11.3. The molecule has 66 valence electrons. The van der Waals surface area contributed by atoms with Gasteiger partial charge in [0.15, 0.2) is 5.95 Å². The van der Waals surface area contributed by atoms with Crippen LogP contribution in [-0.2, 0) is 0 Å². The molecule has 0 fully saturated rings. The van der Waals surface area contributed by atoms with Gasteiger partial charge in [0.1, 0.15) is 0 Å². The molecular weight excluding hydrogens is 170 g/mol. The normalized spacial score (nSPS) is 11.6. The second-order valence-electron chi connectivity index (χ2n) is 3.76. The third-order valence-corrected chi connectivity index (χ3v) is 3.60. The van der Waals surface area contributed by atoms with Gasteiger partial charge in [-0.2, -0.15) is 0 Å². The number of hydrogen-bond donors (Lipinski definition) is 2. The average Bonchev–Trinajstić information content (AvgIpc) is 1.83. The fourth-order valence-corrected chi connectivity index (χ4v) is 2.14. The summed E-state index contributed by atoms with van der Waals surface area (Å²) < 4.78 is 0. The maximum absolute atomic E-state index is 11.3. The molecule has 0 radical (unpaired) electrons. The van der Waals surface area contributed by atoms with Gasteiger partial charge in [0, 0.05) is 11.4 Å². The second-order valence-corrected chi connectivity index (χ2v) is 8.80. The van der Waals surface area contributed by atoms with Crippen molar-refractivity contribution in [2.75, 3.05) is 5.73 Å². The lowest BCUT2D eigenvalue weighted by atomic mass is 10.6. The van der Waals surface area contributed by atoms with E-state index >= 15 is 0 Å². The first-order chi connectivity index (χ1) is 5.41. The predicted molar refractivity (Wildman–Crippen MR) is 52.3 cm³/mol. The number of nitrogen functional groups attached to an aromatic ring is 1. The van der Waals surface area contributed by atoms with Gasteiger partial charge in [-0.15, -0.1) is 0 Å². The zero-order valence-electron chi connectivity index (χ0n) is 7.51. The van der Waals surface area contributed by atoms with Gasteiger partial charge in [0.05, 0.1) is 8.07 Å². The molecule has 0 atom stereocenters. The number of rotatable bonds is 1. The molecule has 5 heteroatoms. The van der Waals surface area contributed by atoms with E-state index in [1.54, 1.807) is 6.20 Å². The largest absolute Gasteiger partial charge is 0.369 e. The Bertz CT molecular complexity index is 339. The third kappa shape index (κ3) is 1.73. The molecular formula is C7H13N3OSi. The van der Waals surface area contributed by atoms with E-state index in [1.807, 2.05) is 0 Å². The van der Waals surface area contributed by atoms with E-state index in [0.717, 1.165) is 5.19 Å². The molecule has 0 aromatic carbocycles. The summed E-state index contributed by atoms with van der Waals surface area (Å²) >= 11 is 0. The Morgan fingerprint density at radius 1 is 1.50 bits per heavy atom. The number of nitrogens with zero attached hydrogens (tertiary/aromatic N) is 1. The molecule has 0 aliphatic carbocycles. The number of nitrogens with two attached hydrogens (primary N) is 1. The van der Waals surface area contributed by atoms with Gasteiger partial charge in [0.25, 0.3) is 5.56 Å². The minimum absolute atomic E-state index is 0.0957. The lowest BCUT2D eigenvalue weighted by Gasteiger charge is -2.13. The maximum Gasteiger partial charge on any atom is 0.251 e. The van der Waals surface area contributed by atoms with Crippen LogP contribution in [0.1, 0.15) is 0 Å². The summed E-state index contributed by atoms with van der Waals surface area (Å²) in [5, 5.41) is 0.789. The summed E-state index contributed by atoms with van der Waals surface area (Å²) in [5.41, 5.74) is 5.22. The van der Waals surface area contributed by atoms with E-state index in [0.29, 0.717) is 0 Å². The van der Waals surface area contributed by atoms with Gasteiger partial charge >= 0.3 is 0 Å². The Balaban J connectivity index is 3.29. The topological polar surface area (TPSA) is 71.8 Å². The van der Waals surface area contributed by atoms with Crippen molar-refractivity contribution in [1.82, 2.24) is 9.97 Å². The van der Waals surface area contributed by atoms with E-state index in [2.05, 4.69) is 29.6 Å². The summed E-state index contributed by atoms with van der Waals surface area (Å²) in [5.74, 6) is 0.182. The molecule has 0 amide bonds. The van der Waals surface area contributed by atoms with Crippen LogP contribution >= 0.6 is 0 Å². The molecule has 0 bridgehead atoms. The van der Waals surface area contributed by atoms with Crippen LogP contribution in [0.2, 0.25) is 19.6 Å². The molecule has 1 rings (SSSR count). The summed E-state index contributed by atoms with van der Waals surface area (Å²) in [6.45, 7) is 6.28. The van der Waals surface area contributed by atoms with Crippen LogP contribution in [0, 0.1) is 0 Å². The Hall–Kier alpha value is -1.10. The van der Waals surface area contributed by atoms with E-state index < -0.39 is 8.07 Å². The van der Waals surface area contributed by atoms with Crippen molar-refractivity contribution in [2.24, 2.45) is 0 Å². The van der Waals surface area contributed by atoms with Crippen molar-refractivity contribution in [2.45, 2.75) is 19.6 Å². The number of aromatic nitrogens is 2. The molecule has 0 saturated heterocycles. The standard InChI is InChI=1S/C7H13N3OSi/c1-12(2,3)5-4-9-7(8)10-6(5)11/h4H,1-3H3,(H3,8,9,10,11). The summed E-state index contributed by atoms with van der Waals surface area (Å²) in [7, 11) is -1.56. The van der Waals surface area contributed by atoms with Gasteiger partial charge in [0.2, 0.25) is 0 Å². The predicted octanol–water partition coefficient (Wildman–Crippen LogP) is -0.103. The highest BCUT2D eigenvalue weighted by atomic mass is 28.3. The Labute approximate surface area is 71.8 Å². The Morgan fingerprint density at radius 2 is 2.08 bits per heavy atom. The van der Waals surface area contributed by atoms with E-state index in [9.17, 15) is 4.79 Å². The first kappa shape index (κ1) is 8.99. The molecule has 0 saturated carbocycles. The van der Waals surface area contributed by atoms with Gasteiger partial charge in [-0.25, -0.2) is 4.98 Å². The molecule has 3 N–H and O–H groups in total. The van der Waals surface area contributed by atoms with Gasteiger partial charge in [-0.1, -0.05) is 19.6 Å². The van der Waals surface area contributed by atoms with Crippen LogP contribution in [-0.4, -0.2) is 18.0 Å². The van der Waals surface area contributed by atoms with Crippen LogP contribution < -0.4 is 16.5 Å². The van der Waals surface area contributed by atoms with E-state index in [4.69, 9.17) is 5.73 Å². The third-order valence-electron chi connectivity index (χ3n) is 1.63. The number of aromatic amines is 1. The monoisotopic (exact) mass is 183 g/mol. The Morgan fingerprint density at radius 3 is 2.50 bits per heavy atom. The van der Waals surface area contributed by atoms with Crippen molar-refractivity contribution >= 4 is 19.2 Å². The minimum Gasteiger partial charge on any atom is -0.369 e. The molecule has 1 heterocycles. The van der Waals surface area contributed by atoms with Crippen LogP contribution in [0.4, 0.5) is 5.95 Å². The number of hydrogen-bond acceptors (Lipinski definition) is 3. The zero-order valence-corrected chi connectivity index (χ0v) is 8.51. The van der Waals surface area contributed by atoms with Crippen molar-refractivity contribution in [3.05, 3.63) is 16.6 Å². The highest BCUT2D eigenvalue weighted by molar-refractivity contribution is 6.88. The van der Waals surface area contributed by atoms with Crippen molar-refractivity contribution in [1.29, 1.82) is 0 Å². The summed E-state index contributed by atoms with van der Waals surface area (Å²) in [4.78, 5) is 17.7. The van der Waals surface area contributed by atoms with Crippen molar-refractivity contribution in [3.8, 4) is 0 Å². The molecule has 4 nitrogen and oxygen atoms in total. The van der Waals surface area contributed by atoms with E-state index in [1.165, 1.54) is 0 Å². The molecule has 0 aliphatic heterocycles. The van der Waals surface area contributed by atoms with Crippen LogP contribution in [0.15, 0.2) is 11.0 Å². The molecule has 0 aliphatic rings. The quantitative estimate of drug-likeness (QED) is 0.597.